The van der Waals surface area contributed by atoms with Gasteiger partial charge in [0, 0.05) is 43.3 Å². The van der Waals surface area contributed by atoms with E-state index in [0.717, 1.165) is 60.8 Å². The fourth-order valence-corrected chi connectivity index (χ4v) is 3.69. The molecule has 26 heavy (non-hydrogen) atoms. The molecule has 134 valence electrons. The monoisotopic (exact) mass is 348 g/mol. The molecule has 0 N–H and O–H groups in total. The third-order valence-electron chi connectivity index (χ3n) is 5.49. The number of anilines is 1. The molecule has 3 aromatic rings. The number of para-hydroxylation sites is 1. The highest BCUT2D eigenvalue weighted by Gasteiger charge is 2.25. The maximum absolute atomic E-state index is 4.98. The van der Waals surface area contributed by atoms with Crippen LogP contribution in [0.5, 0.6) is 0 Å². The summed E-state index contributed by atoms with van der Waals surface area (Å²) in [7, 11) is 0. The molecule has 2 aromatic heterocycles. The van der Waals surface area contributed by atoms with Crippen LogP contribution < -0.4 is 4.90 Å². The van der Waals surface area contributed by atoms with Crippen LogP contribution in [0, 0.1) is 0 Å². The molecule has 2 aliphatic rings. The van der Waals surface area contributed by atoms with Crippen LogP contribution in [0.4, 0.5) is 5.95 Å². The number of piperazine rings is 1. The smallest absolute Gasteiger partial charge is 0.226 e. The summed E-state index contributed by atoms with van der Waals surface area (Å²) in [5, 5.41) is 5.66. The number of benzene rings is 1. The Labute approximate surface area is 153 Å². The van der Waals surface area contributed by atoms with Gasteiger partial charge in [-0.05, 0) is 25.5 Å². The van der Waals surface area contributed by atoms with Gasteiger partial charge < -0.3 is 9.80 Å². The molecule has 0 spiro atoms. The molecule has 1 saturated carbocycles. The summed E-state index contributed by atoms with van der Waals surface area (Å²) in [6, 6.07) is 8.87. The molecule has 1 aliphatic carbocycles. The topological polar surface area (TPSA) is 50.1 Å². The van der Waals surface area contributed by atoms with Gasteiger partial charge in [0.05, 0.1) is 23.4 Å². The van der Waals surface area contributed by atoms with Crippen LogP contribution in [0.15, 0.2) is 36.7 Å². The Morgan fingerprint density at radius 1 is 1.04 bits per heavy atom. The van der Waals surface area contributed by atoms with Gasteiger partial charge in [-0.2, -0.15) is 5.10 Å². The van der Waals surface area contributed by atoms with Gasteiger partial charge in [-0.3, -0.25) is 4.68 Å². The molecule has 3 heterocycles. The maximum atomic E-state index is 4.98. The summed E-state index contributed by atoms with van der Waals surface area (Å²) in [5.41, 5.74) is 3.09. The van der Waals surface area contributed by atoms with Gasteiger partial charge in [0.2, 0.25) is 5.95 Å². The summed E-state index contributed by atoms with van der Waals surface area (Å²) < 4.78 is 2.09. The van der Waals surface area contributed by atoms with Gasteiger partial charge >= 0.3 is 0 Å². The van der Waals surface area contributed by atoms with E-state index in [1.54, 1.807) is 0 Å². The number of rotatable bonds is 4. The van der Waals surface area contributed by atoms with E-state index < -0.39 is 0 Å². The Balaban J connectivity index is 1.55. The summed E-state index contributed by atoms with van der Waals surface area (Å²) in [6.07, 6.45) is 6.56. The highest BCUT2D eigenvalue weighted by molar-refractivity contribution is 5.92. The standard InChI is InChI=1S/C20H24N6/c1-2-24-9-11-25(12-10-24)20-22-18-6-4-3-5-17(18)19(23-20)15-13-21-26(14-15)16-7-8-16/h3-6,13-14,16H,2,7-12H2,1H3. The van der Waals surface area contributed by atoms with Crippen molar-refractivity contribution in [3.8, 4) is 11.3 Å². The molecule has 6 nitrogen and oxygen atoms in total. The Kier molecular flexibility index (Phi) is 3.85. The van der Waals surface area contributed by atoms with Crippen molar-refractivity contribution in [2.24, 2.45) is 0 Å². The van der Waals surface area contributed by atoms with Gasteiger partial charge in [-0.25, -0.2) is 9.97 Å². The first-order valence-corrected chi connectivity index (χ1v) is 9.60. The lowest BCUT2D eigenvalue weighted by Crippen LogP contribution is -2.46. The van der Waals surface area contributed by atoms with Crippen LogP contribution in [0.2, 0.25) is 0 Å². The van der Waals surface area contributed by atoms with E-state index in [4.69, 9.17) is 9.97 Å². The Morgan fingerprint density at radius 2 is 1.85 bits per heavy atom. The zero-order valence-electron chi connectivity index (χ0n) is 15.2. The van der Waals surface area contributed by atoms with Gasteiger partial charge in [0.15, 0.2) is 0 Å². The maximum Gasteiger partial charge on any atom is 0.226 e. The summed E-state index contributed by atoms with van der Waals surface area (Å²) in [6.45, 7) is 7.43. The molecule has 5 rings (SSSR count). The number of nitrogens with zero attached hydrogens (tertiary/aromatic N) is 6. The van der Waals surface area contributed by atoms with Crippen molar-refractivity contribution in [1.82, 2.24) is 24.6 Å². The van der Waals surface area contributed by atoms with Crippen molar-refractivity contribution < 1.29 is 0 Å². The summed E-state index contributed by atoms with van der Waals surface area (Å²) in [5.74, 6) is 0.841. The number of likely N-dealkylation sites (N-methyl/N-ethyl adjacent to an activating group) is 1. The average molecular weight is 348 g/mol. The zero-order valence-corrected chi connectivity index (χ0v) is 15.2. The van der Waals surface area contributed by atoms with E-state index in [0.29, 0.717) is 6.04 Å². The molecule has 1 aliphatic heterocycles. The molecule has 1 saturated heterocycles. The molecule has 0 atom stereocenters. The largest absolute Gasteiger partial charge is 0.338 e. The molecule has 6 heteroatoms. The first kappa shape index (κ1) is 15.8. The zero-order chi connectivity index (χ0) is 17.5. The number of hydrogen-bond acceptors (Lipinski definition) is 5. The van der Waals surface area contributed by atoms with Gasteiger partial charge in [0.1, 0.15) is 0 Å². The minimum atomic E-state index is 0.582. The quantitative estimate of drug-likeness (QED) is 0.725. The van der Waals surface area contributed by atoms with Gasteiger partial charge in [-0.15, -0.1) is 0 Å². The van der Waals surface area contributed by atoms with Crippen molar-refractivity contribution >= 4 is 16.9 Å². The van der Waals surface area contributed by atoms with Gasteiger partial charge in [-0.1, -0.05) is 25.1 Å². The SMILES string of the molecule is CCN1CCN(c2nc(-c3cnn(C4CC4)c3)c3ccccc3n2)CC1. The van der Waals surface area contributed by atoms with Crippen molar-refractivity contribution in [2.45, 2.75) is 25.8 Å². The second-order valence-electron chi connectivity index (χ2n) is 7.25. The number of fused-ring (bicyclic) bond motifs is 1. The van der Waals surface area contributed by atoms with Crippen LogP contribution in [0.1, 0.15) is 25.8 Å². The fourth-order valence-electron chi connectivity index (χ4n) is 3.69. The van der Waals surface area contributed by atoms with Crippen LogP contribution in [-0.2, 0) is 0 Å². The Bertz CT molecular complexity index is 921. The van der Waals surface area contributed by atoms with Crippen LogP contribution in [-0.4, -0.2) is 57.4 Å². The van der Waals surface area contributed by atoms with E-state index in [9.17, 15) is 0 Å². The molecular formula is C20H24N6. The third kappa shape index (κ3) is 2.84. The van der Waals surface area contributed by atoms with Crippen molar-refractivity contribution in [1.29, 1.82) is 0 Å². The molecule has 0 radical (unpaired) electrons. The van der Waals surface area contributed by atoms with Crippen LogP contribution in [0.3, 0.4) is 0 Å². The lowest BCUT2D eigenvalue weighted by molar-refractivity contribution is 0.270. The van der Waals surface area contributed by atoms with Gasteiger partial charge in [0.25, 0.3) is 0 Å². The van der Waals surface area contributed by atoms with Crippen molar-refractivity contribution in [3.05, 3.63) is 36.7 Å². The molecule has 2 fully saturated rings. The summed E-state index contributed by atoms with van der Waals surface area (Å²) >= 11 is 0. The first-order valence-electron chi connectivity index (χ1n) is 9.60. The molecule has 0 unspecified atom stereocenters. The van der Waals surface area contributed by atoms with Crippen LogP contribution in [0.25, 0.3) is 22.2 Å². The summed E-state index contributed by atoms with van der Waals surface area (Å²) in [4.78, 5) is 14.6. The molecule has 0 bridgehead atoms. The van der Waals surface area contributed by atoms with Crippen LogP contribution >= 0.6 is 0 Å². The number of aromatic nitrogens is 4. The minimum absolute atomic E-state index is 0.582. The lowest BCUT2D eigenvalue weighted by Gasteiger charge is -2.34. The lowest BCUT2D eigenvalue weighted by atomic mass is 10.1. The second-order valence-corrected chi connectivity index (χ2v) is 7.25. The Hall–Kier alpha value is -2.47. The fraction of sp³-hybridized carbons (Fsp3) is 0.450. The van der Waals surface area contributed by atoms with Crippen molar-refractivity contribution in [2.75, 3.05) is 37.6 Å². The molecular weight excluding hydrogens is 324 g/mol. The highest BCUT2D eigenvalue weighted by Crippen LogP contribution is 2.36. The third-order valence-corrected chi connectivity index (χ3v) is 5.49. The number of hydrogen-bond donors (Lipinski definition) is 0. The van der Waals surface area contributed by atoms with E-state index in [-0.39, 0.29) is 0 Å². The molecule has 0 amide bonds. The highest BCUT2D eigenvalue weighted by atomic mass is 15.3. The van der Waals surface area contributed by atoms with E-state index >= 15 is 0 Å². The normalized spacial score (nSPS) is 18.6. The van der Waals surface area contributed by atoms with E-state index in [1.165, 1.54) is 12.8 Å². The second kappa shape index (κ2) is 6.36. The van der Waals surface area contributed by atoms with Crippen molar-refractivity contribution in [3.63, 3.8) is 0 Å². The predicted molar refractivity (Wildman–Crippen MR) is 103 cm³/mol. The minimum Gasteiger partial charge on any atom is -0.338 e. The van der Waals surface area contributed by atoms with E-state index in [1.807, 2.05) is 12.3 Å². The Morgan fingerprint density at radius 3 is 2.62 bits per heavy atom. The average Bonchev–Trinajstić information content (AvgIpc) is 3.44. The predicted octanol–water partition coefficient (Wildman–Crippen LogP) is 2.97. The van der Waals surface area contributed by atoms with E-state index in [2.05, 4.69) is 50.9 Å². The first-order chi connectivity index (χ1) is 12.8. The molecule has 1 aromatic carbocycles.